The van der Waals surface area contributed by atoms with E-state index in [-0.39, 0.29) is 0 Å². The van der Waals surface area contributed by atoms with Gasteiger partial charge in [-0.3, -0.25) is 9.67 Å². The Labute approximate surface area is 107 Å². The second-order valence-corrected chi connectivity index (χ2v) is 4.38. The van der Waals surface area contributed by atoms with Gasteiger partial charge in [0, 0.05) is 19.8 Å². The van der Waals surface area contributed by atoms with Gasteiger partial charge in [-0.05, 0) is 26.0 Å². The van der Waals surface area contributed by atoms with Crippen molar-refractivity contribution in [2.24, 2.45) is 0 Å². The molecule has 2 rings (SSSR count). The molecule has 0 aromatic carbocycles. The van der Waals surface area contributed by atoms with E-state index in [2.05, 4.69) is 28.0 Å². The monoisotopic (exact) mass is 245 g/mol. The number of hydrogen-bond acceptors (Lipinski definition) is 4. The fourth-order valence-corrected chi connectivity index (χ4v) is 2.08. The molecule has 2 heterocycles. The molecule has 0 bridgehead atoms. The summed E-state index contributed by atoms with van der Waals surface area (Å²) in [6.07, 6.45) is 3.43. The molecule has 0 unspecified atom stereocenters. The minimum Gasteiger partial charge on any atom is -0.396 e. The van der Waals surface area contributed by atoms with Crippen molar-refractivity contribution in [1.82, 2.24) is 14.8 Å². The van der Waals surface area contributed by atoms with Crippen LogP contribution in [0.25, 0.3) is 0 Å². The van der Waals surface area contributed by atoms with Crippen molar-refractivity contribution in [3.8, 4) is 0 Å². The van der Waals surface area contributed by atoms with E-state index in [1.807, 2.05) is 24.7 Å². The lowest BCUT2D eigenvalue weighted by molar-refractivity contribution is 0.613. The quantitative estimate of drug-likeness (QED) is 0.892. The molecular formula is C13H19N5. The molecule has 0 aliphatic heterocycles. The third-order valence-electron chi connectivity index (χ3n) is 2.92. The van der Waals surface area contributed by atoms with E-state index >= 15 is 0 Å². The van der Waals surface area contributed by atoms with Crippen LogP contribution in [0.15, 0.2) is 24.5 Å². The average molecular weight is 245 g/mol. The number of anilines is 2. The predicted molar refractivity (Wildman–Crippen MR) is 73.4 cm³/mol. The minimum atomic E-state index is 0.694. The van der Waals surface area contributed by atoms with Gasteiger partial charge in [0.2, 0.25) is 0 Å². The topological polar surface area (TPSA) is 60.0 Å². The number of nitrogens with zero attached hydrogens (tertiary/aromatic N) is 4. The number of hydrogen-bond donors (Lipinski definition) is 1. The van der Waals surface area contributed by atoms with Gasteiger partial charge in [-0.25, -0.2) is 0 Å². The fourth-order valence-electron chi connectivity index (χ4n) is 2.08. The molecule has 0 aliphatic rings. The van der Waals surface area contributed by atoms with Crippen LogP contribution in [-0.2, 0) is 13.1 Å². The zero-order valence-electron chi connectivity index (χ0n) is 11.1. The Morgan fingerprint density at radius 2 is 2.22 bits per heavy atom. The highest BCUT2D eigenvalue weighted by Crippen LogP contribution is 2.21. The Hall–Kier alpha value is -2.04. The molecule has 18 heavy (non-hydrogen) atoms. The van der Waals surface area contributed by atoms with Crippen molar-refractivity contribution in [2.75, 3.05) is 17.7 Å². The summed E-state index contributed by atoms with van der Waals surface area (Å²) in [4.78, 5) is 6.11. The molecular weight excluding hydrogens is 226 g/mol. The van der Waals surface area contributed by atoms with Crippen molar-refractivity contribution in [3.63, 3.8) is 0 Å². The third-order valence-corrected chi connectivity index (χ3v) is 2.92. The van der Waals surface area contributed by atoms with Crippen LogP contribution in [0.1, 0.15) is 18.3 Å². The maximum absolute atomic E-state index is 5.92. The smallest absolute Gasteiger partial charge is 0.0738 e. The van der Waals surface area contributed by atoms with Gasteiger partial charge < -0.3 is 10.6 Å². The molecule has 0 saturated heterocycles. The van der Waals surface area contributed by atoms with E-state index in [4.69, 9.17) is 5.73 Å². The summed E-state index contributed by atoms with van der Waals surface area (Å²) in [6.45, 7) is 5.76. The van der Waals surface area contributed by atoms with Crippen LogP contribution in [0.3, 0.4) is 0 Å². The molecule has 0 amide bonds. The molecule has 0 atom stereocenters. The molecule has 96 valence electrons. The van der Waals surface area contributed by atoms with Crippen LogP contribution in [0.4, 0.5) is 11.4 Å². The molecule has 2 aromatic heterocycles. The van der Waals surface area contributed by atoms with Gasteiger partial charge in [0.25, 0.3) is 0 Å². The van der Waals surface area contributed by atoms with E-state index < -0.39 is 0 Å². The summed E-state index contributed by atoms with van der Waals surface area (Å²) in [6, 6.07) is 4.03. The van der Waals surface area contributed by atoms with Crippen molar-refractivity contribution < 1.29 is 0 Å². The second kappa shape index (κ2) is 5.08. The lowest BCUT2D eigenvalue weighted by atomic mass is 10.3. The maximum atomic E-state index is 5.92. The van der Waals surface area contributed by atoms with E-state index in [1.54, 1.807) is 12.4 Å². The summed E-state index contributed by atoms with van der Waals surface area (Å²) in [5.41, 5.74) is 9.84. The van der Waals surface area contributed by atoms with Crippen LogP contribution in [0, 0.1) is 6.92 Å². The Kier molecular flexibility index (Phi) is 3.50. The van der Waals surface area contributed by atoms with Crippen LogP contribution in [0.2, 0.25) is 0 Å². The van der Waals surface area contributed by atoms with Crippen molar-refractivity contribution in [2.45, 2.75) is 26.9 Å². The lowest BCUT2D eigenvalue weighted by Gasteiger charge is -2.20. The standard InChI is InChI=1S/C13H19N5/c1-4-18-11(7-10(2)16-18)9-17(3)13-5-6-15-8-12(13)14/h5-8H,4,9,14H2,1-3H3. The number of aromatic nitrogens is 3. The number of aryl methyl sites for hydroxylation is 2. The first-order valence-electron chi connectivity index (χ1n) is 6.05. The maximum Gasteiger partial charge on any atom is 0.0738 e. The zero-order valence-corrected chi connectivity index (χ0v) is 11.1. The molecule has 0 aliphatic carbocycles. The van der Waals surface area contributed by atoms with Crippen LogP contribution in [0.5, 0.6) is 0 Å². The van der Waals surface area contributed by atoms with E-state index in [9.17, 15) is 0 Å². The molecule has 0 spiro atoms. The Bertz CT molecular complexity index is 532. The SMILES string of the molecule is CCn1nc(C)cc1CN(C)c1ccncc1N. The molecule has 5 heteroatoms. The van der Waals surface area contributed by atoms with Gasteiger partial charge in [-0.2, -0.15) is 5.10 Å². The largest absolute Gasteiger partial charge is 0.396 e. The first-order chi connectivity index (χ1) is 8.61. The summed E-state index contributed by atoms with van der Waals surface area (Å²) in [7, 11) is 2.02. The highest BCUT2D eigenvalue weighted by atomic mass is 15.3. The van der Waals surface area contributed by atoms with E-state index in [0.29, 0.717) is 5.69 Å². The number of pyridine rings is 1. The molecule has 0 fully saturated rings. The van der Waals surface area contributed by atoms with Crippen molar-refractivity contribution in [1.29, 1.82) is 0 Å². The fraction of sp³-hybridized carbons (Fsp3) is 0.385. The van der Waals surface area contributed by atoms with Crippen molar-refractivity contribution >= 4 is 11.4 Å². The molecule has 0 saturated carbocycles. The van der Waals surface area contributed by atoms with Crippen molar-refractivity contribution in [3.05, 3.63) is 35.9 Å². The minimum absolute atomic E-state index is 0.694. The summed E-state index contributed by atoms with van der Waals surface area (Å²) < 4.78 is 2.02. The Morgan fingerprint density at radius 3 is 2.89 bits per heavy atom. The number of nitrogen functional groups attached to an aromatic ring is 1. The summed E-state index contributed by atoms with van der Waals surface area (Å²) >= 11 is 0. The first kappa shape index (κ1) is 12.4. The third kappa shape index (κ3) is 2.45. The Morgan fingerprint density at radius 1 is 1.44 bits per heavy atom. The van der Waals surface area contributed by atoms with Crippen LogP contribution < -0.4 is 10.6 Å². The molecule has 2 N–H and O–H groups in total. The molecule has 2 aromatic rings. The number of nitrogens with two attached hydrogens (primary N) is 1. The van der Waals surface area contributed by atoms with E-state index in [1.165, 1.54) is 5.69 Å². The zero-order chi connectivity index (χ0) is 13.1. The second-order valence-electron chi connectivity index (χ2n) is 4.38. The molecule has 0 radical (unpaired) electrons. The summed E-state index contributed by atoms with van der Waals surface area (Å²) in [5, 5.41) is 4.44. The van der Waals surface area contributed by atoms with Crippen LogP contribution in [-0.4, -0.2) is 21.8 Å². The first-order valence-corrected chi connectivity index (χ1v) is 6.05. The predicted octanol–water partition coefficient (Wildman–Crippen LogP) is 1.83. The average Bonchev–Trinajstić information content (AvgIpc) is 2.70. The van der Waals surface area contributed by atoms with Gasteiger partial charge in [-0.1, -0.05) is 0 Å². The lowest BCUT2D eigenvalue weighted by Crippen LogP contribution is -2.20. The normalized spacial score (nSPS) is 10.6. The van der Waals surface area contributed by atoms with Gasteiger partial charge in [0.05, 0.1) is 35.5 Å². The highest BCUT2D eigenvalue weighted by molar-refractivity contribution is 5.65. The summed E-state index contributed by atoms with van der Waals surface area (Å²) in [5.74, 6) is 0. The molecule has 5 nitrogen and oxygen atoms in total. The Balaban J connectivity index is 2.21. The van der Waals surface area contributed by atoms with Gasteiger partial charge in [0.15, 0.2) is 0 Å². The van der Waals surface area contributed by atoms with Gasteiger partial charge in [0.1, 0.15) is 0 Å². The van der Waals surface area contributed by atoms with Gasteiger partial charge in [-0.15, -0.1) is 0 Å². The van der Waals surface area contributed by atoms with E-state index in [0.717, 1.165) is 24.5 Å². The van der Waals surface area contributed by atoms with Crippen LogP contribution >= 0.6 is 0 Å². The number of rotatable bonds is 4. The van der Waals surface area contributed by atoms with Gasteiger partial charge >= 0.3 is 0 Å². The highest BCUT2D eigenvalue weighted by Gasteiger charge is 2.09.